The molecule has 0 saturated heterocycles. The average Bonchev–Trinajstić information content (AvgIpc) is 2.27. The summed E-state index contributed by atoms with van der Waals surface area (Å²) in [6, 6.07) is 2.35. The number of ether oxygens (including phenoxy) is 1. The maximum Gasteiger partial charge on any atom is 0.338 e. The second-order valence-electron chi connectivity index (χ2n) is 2.84. The van der Waals surface area contributed by atoms with E-state index in [9.17, 15) is 14.9 Å². The molecule has 0 aliphatic carbocycles. The Kier molecular flexibility index (Phi) is 4.09. The van der Waals surface area contributed by atoms with Crippen molar-refractivity contribution in [3.8, 4) is 0 Å². The summed E-state index contributed by atoms with van der Waals surface area (Å²) in [5.41, 5.74) is 0.0913. The smallest absolute Gasteiger partial charge is 0.338 e. The lowest BCUT2D eigenvalue weighted by Gasteiger charge is -2.06. The van der Waals surface area contributed by atoms with Gasteiger partial charge in [-0.25, -0.2) is 4.79 Å². The molecule has 16 heavy (non-hydrogen) atoms. The Morgan fingerprint density at radius 1 is 1.56 bits per heavy atom. The van der Waals surface area contributed by atoms with E-state index in [0.29, 0.717) is 5.56 Å². The third kappa shape index (κ3) is 2.43. The Bertz CT molecular complexity index is 447. The SMILES string of the molecule is COC(=O)c1cc([N+](=O)[O-])c(Cl)cc1CCl. The van der Waals surface area contributed by atoms with Crippen LogP contribution in [0.2, 0.25) is 5.02 Å². The van der Waals surface area contributed by atoms with E-state index in [2.05, 4.69) is 4.74 Å². The number of halogens is 2. The summed E-state index contributed by atoms with van der Waals surface area (Å²) in [5.74, 6) is -0.669. The predicted octanol–water partition coefficient (Wildman–Crippen LogP) is 2.77. The molecule has 0 fully saturated rings. The second kappa shape index (κ2) is 5.14. The molecule has 86 valence electrons. The van der Waals surface area contributed by atoms with Crippen LogP contribution in [0.5, 0.6) is 0 Å². The summed E-state index contributed by atoms with van der Waals surface area (Å²) in [6.45, 7) is 0. The first-order valence-corrected chi connectivity index (χ1v) is 5.03. The van der Waals surface area contributed by atoms with Crippen molar-refractivity contribution in [3.05, 3.63) is 38.4 Å². The van der Waals surface area contributed by atoms with Crippen LogP contribution >= 0.6 is 23.2 Å². The molecule has 1 aromatic carbocycles. The molecule has 5 nitrogen and oxygen atoms in total. The largest absolute Gasteiger partial charge is 0.465 e. The number of carbonyl (C=O) groups excluding carboxylic acids is 1. The number of nitro groups is 1. The molecule has 0 bridgehead atoms. The number of rotatable bonds is 3. The monoisotopic (exact) mass is 263 g/mol. The molecule has 0 heterocycles. The minimum atomic E-state index is -0.685. The number of nitrogens with zero attached hydrogens (tertiary/aromatic N) is 1. The third-order valence-electron chi connectivity index (χ3n) is 1.92. The van der Waals surface area contributed by atoms with Crippen LogP contribution in [-0.2, 0) is 10.6 Å². The topological polar surface area (TPSA) is 69.4 Å². The van der Waals surface area contributed by atoms with Crippen LogP contribution in [0.1, 0.15) is 15.9 Å². The zero-order chi connectivity index (χ0) is 12.3. The number of nitro benzene ring substituents is 1. The highest BCUT2D eigenvalue weighted by molar-refractivity contribution is 6.33. The van der Waals surface area contributed by atoms with Crippen LogP contribution in [0.25, 0.3) is 0 Å². The van der Waals surface area contributed by atoms with Crippen molar-refractivity contribution in [2.24, 2.45) is 0 Å². The summed E-state index contributed by atoms with van der Waals surface area (Å²) >= 11 is 11.3. The molecule has 0 radical (unpaired) electrons. The van der Waals surface area contributed by atoms with E-state index in [1.165, 1.54) is 13.2 Å². The molecule has 0 saturated carbocycles. The molecule has 0 aliphatic heterocycles. The molecule has 0 aromatic heterocycles. The lowest BCUT2D eigenvalue weighted by molar-refractivity contribution is -0.384. The maximum absolute atomic E-state index is 11.3. The van der Waals surface area contributed by atoms with E-state index < -0.39 is 10.9 Å². The fraction of sp³-hybridized carbons (Fsp3) is 0.222. The van der Waals surface area contributed by atoms with Crippen LogP contribution in [-0.4, -0.2) is 18.0 Å². The molecular weight excluding hydrogens is 257 g/mol. The van der Waals surface area contributed by atoms with Gasteiger partial charge in [-0.1, -0.05) is 11.6 Å². The molecule has 7 heteroatoms. The minimum absolute atomic E-state index is 0.0160. The second-order valence-corrected chi connectivity index (χ2v) is 3.52. The van der Waals surface area contributed by atoms with Crippen LogP contribution in [0, 0.1) is 10.1 Å². The molecule has 0 N–H and O–H groups in total. The molecule has 0 amide bonds. The van der Waals surface area contributed by atoms with E-state index in [4.69, 9.17) is 23.2 Å². The van der Waals surface area contributed by atoms with Gasteiger partial charge in [0.25, 0.3) is 5.69 Å². The third-order valence-corrected chi connectivity index (χ3v) is 2.51. The standard InChI is InChI=1S/C9H7Cl2NO4/c1-16-9(13)6-3-8(12(14)15)7(11)2-5(6)4-10/h2-3H,4H2,1H3. The molecule has 0 aliphatic rings. The summed E-state index contributed by atoms with van der Waals surface area (Å²) in [5, 5.41) is 10.6. The lowest BCUT2D eigenvalue weighted by Crippen LogP contribution is -2.06. The molecular formula is C9H7Cl2NO4. The van der Waals surface area contributed by atoms with Crippen molar-refractivity contribution >= 4 is 34.9 Å². The van der Waals surface area contributed by atoms with E-state index in [1.807, 2.05) is 0 Å². The summed E-state index contributed by atoms with van der Waals surface area (Å²) in [4.78, 5) is 21.3. The molecule has 0 atom stereocenters. The molecule has 0 unspecified atom stereocenters. The van der Waals surface area contributed by atoms with Gasteiger partial charge >= 0.3 is 5.97 Å². The van der Waals surface area contributed by atoms with E-state index in [0.717, 1.165) is 6.07 Å². The van der Waals surface area contributed by atoms with Crippen LogP contribution in [0.3, 0.4) is 0 Å². The first-order valence-electron chi connectivity index (χ1n) is 4.12. The quantitative estimate of drug-likeness (QED) is 0.364. The Labute approximate surface area is 101 Å². The maximum atomic E-state index is 11.3. The highest BCUT2D eigenvalue weighted by Gasteiger charge is 2.20. The lowest BCUT2D eigenvalue weighted by atomic mass is 10.1. The zero-order valence-electron chi connectivity index (χ0n) is 8.20. The number of alkyl halides is 1. The zero-order valence-corrected chi connectivity index (χ0v) is 9.71. The highest BCUT2D eigenvalue weighted by atomic mass is 35.5. The van der Waals surface area contributed by atoms with Gasteiger partial charge in [-0.05, 0) is 11.6 Å². The Morgan fingerprint density at radius 3 is 2.62 bits per heavy atom. The van der Waals surface area contributed by atoms with Crippen molar-refractivity contribution in [2.45, 2.75) is 5.88 Å². The van der Waals surface area contributed by atoms with Gasteiger partial charge < -0.3 is 4.74 Å². The summed E-state index contributed by atoms with van der Waals surface area (Å²) in [7, 11) is 1.18. The van der Waals surface area contributed by atoms with Gasteiger partial charge in [-0.2, -0.15) is 0 Å². The molecule has 0 spiro atoms. The number of methoxy groups -OCH3 is 1. The van der Waals surface area contributed by atoms with Crippen molar-refractivity contribution in [3.63, 3.8) is 0 Å². The minimum Gasteiger partial charge on any atom is -0.465 e. The van der Waals surface area contributed by atoms with Gasteiger partial charge in [-0.15, -0.1) is 11.6 Å². The van der Waals surface area contributed by atoms with E-state index in [1.54, 1.807) is 0 Å². The number of esters is 1. The normalized spacial score (nSPS) is 9.94. The average molecular weight is 264 g/mol. The van der Waals surface area contributed by atoms with Crippen molar-refractivity contribution in [1.29, 1.82) is 0 Å². The Balaban J connectivity index is 3.40. The Morgan fingerprint density at radius 2 is 2.19 bits per heavy atom. The summed E-state index contributed by atoms with van der Waals surface area (Å²) in [6.07, 6.45) is 0. The van der Waals surface area contributed by atoms with Crippen molar-refractivity contribution in [2.75, 3.05) is 7.11 Å². The highest BCUT2D eigenvalue weighted by Crippen LogP contribution is 2.29. The van der Waals surface area contributed by atoms with Gasteiger partial charge in [0, 0.05) is 11.9 Å². The predicted molar refractivity (Wildman–Crippen MR) is 59.0 cm³/mol. The van der Waals surface area contributed by atoms with Gasteiger partial charge in [0.2, 0.25) is 0 Å². The number of carbonyl (C=O) groups is 1. The van der Waals surface area contributed by atoms with Crippen molar-refractivity contribution < 1.29 is 14.5 Å². The Hall–Kier alpha value is -1.33. The molecule has 1 aromatic rings. The summed E-state index contributed by atoms with van der Waals surface area (Å²) < 4.78 is 4.49. The molecule has 1 rings (SSSR count). The number of hydrogen-bond acceptors (Lipinski definition) is 4. The first kappa shape index (κ1) is 12.7. The van der Waals surface area contributed by atoms with E-state index in [-0.39, 0.29) is 22.2 Å². The van der Waals surface area contributed by atoms with Crippen LogP contribution in [0.4, 0.5) is 5.69 Å². The van der Waals surface area contributed by atoms with Gasteiger partial charge in [0.1, 0.15) is 5.02 Å². The fourth-order valence-electron chi connectivity index (χ4n) is 1.15. The van der Waals surface area contributed by atoms with Gasteiger partial charge in [0.05, 0.1) is 17.6 Å². The number of benzene rings is 1. The fourth-order valence-corrected chi connectivity index (χ4v) is 1.63. The van der Waals surface area contributed by atoms with Gasteiger partial charge in [0.15, 0.2) is 0 Å². The van der Waals surface area contributed by atoms with Gasteiger partial charge in [-0.3, -0.25) is 10.1 Å². The first-order chi connectivity index (χ1) is 7.51. The van der Waals surface area contributed by atoms with Crippen LogP contribution < -0.4 is 0 Å². The van der Waals surface area contributed by atoms with Crippen molar-refractivity contribution in [1.82, 2.24) is 0 Å². The number of hydrogen-bond donors (Lipinski definition) is 0. The van der Waals surface area contributed by atoms with E-state index >= 15 is 0 Å². The van der Waals surface area contributed by atoms with Crippen LogP contribution in [0.15, 0.2) is 12.1 Å².